The molecule has 0 atom stereocenters. The van der Waals surface area contributed by atoms with Crippen LogP contribution < -0.4 is 4.74 Å². The predicted octanol–water partition coefficient (Wildman–Crippen LogP) is 2.75. The number of carbonyl (C=O) groups excluding carboxylic acids is 1. The van der Waals surface area contributed by atoms with Crippen LogP contribution >= 0.6 is 0 Å². The zero-order chi connectivity index (χ0) is 12.7. The van der Waals surface area contributed by atoms with Crippen molar-refractivity contribution in [1.82, 2.24) is 0 Å². The van der Waals surface area contributed by atoms with Crippen LogP contribution in [0.1, 0.15) is 31.4 Å². The minimum absolute atomic E-state index is 0.209. The Morgan fingerprint density at radius 2 is 2.06 bits per heavy atom. The van der Waals surface area contributed by atoms with E-state index < -0.39 is 0 Å². The Morgan fingerprint density at radius 3 is 2.65 bits per heavy atom. The van der Waals surface area contributed by atoms with Gasteiger partial charge in [0.15, 0.2) is 0 Å². The van der Waals surface area contributed by atoms with Gasteiger partial charge in [0.1, 0.15) is 5.75 Å². The van der Waals surface area contributed by atoms with E-state index in [1.165, 1.54) is 5.56 Å². The molecule has 0 radical (unpaired) electrons. The number of hydrogen-bond acceptors (Lipinski definition) is 3. The van der Waals surface area contributed by atoms with Gasteiger partial charge in [0.25, 0.3) is 0 Å². The zero-order valence-electron chi connectivity index (χ0n) is 10.8. The van der Waals surface area contributed by atoms with Gasteiger partial charge in [-0.15, -0.1) is 0 Å². The lowest BCUT2D eigenvalue weighted by molar-refractivity contribution is -0.142. The Kier molecular flexibility index (Phi) is 5.53. The molecule has 0 aliphatic carbocycles. The summed E-state index contributed by atoms with van der Waals surface area (Å²) in [6.07, 6.45) is 2.37. The van der Waals surface area contributed by atoms with Crippen LogP contribution in [0.15, 0.2) is 18.2 Å². The summed E-state index contributed by atoms with van der Waals surface area (Å²) in [6.45, 7) is 4.35. The molecule has 0 aromatic heterocycles. The number of rotatable bonds is 6. The average Bonchev–Trinajstić information content (AvgIpc) is 2.30. The van der Waals surface area contributed by atoms with Crippen molar-refractivity contribution in [3.05, 3.63) is 29.3 Å². The number of methoxy groups -OCH3 is 1. The molecule has 0 N–H and O–H groups in total. The topological polar surface area (TPSA) is 35.5 Å². The smallest absolute Gasteiger partial charge is 0.310 e. The highest BCUT2D eigenvalue weighted by atomic mass is 16.5. The maximum Gasteiger partial charge on any atom is 0.310 e. The second-order valence-electron chi connectivity index (χ2n) is 3.88. The van der Waals surface area contributed by atoms with Gasteiger partial charge in [-0.05, 0) is 25.0 Å². The van der Waals surface area contributed by atoms with Crippen LogP contribution in [0.4, 0.5) is 0 Å². The van der Waals surface area contributed by atoms with Crippen LogP contribution in [0.2, 0.25) is 0 Å². The van der Waals surface area contributed by atoms with Crippen molar-refractivity contribution in [2.45, 2.75) is 33.1 Å². The summed E-state index contributed by atoms with van der Waals surface area (Å²) in [6, 6.07) is 5.98. The third kappa shape index (κ3) is 4.10. The first-order chi connectivity index (χ1) is 8.21. The second kappa shape index (κ2) is 6.94. The number of carbonyl (C=O) groups is 1. The molecule has 0 unspecified atom stereocenters. The molecule has 0 amide bonds. The van der Waals surface area contributed by atoms with E-state index in [2.05, 4.69) is 6.92 Å². The third-order valence-corrected chi connectivity index (χ3v) is 2.52. The monoisotopic (exact) mass is 236 g/mol. The fraction of sp³-hybridized carbons (Fsp3) is 0.500. The van der Waals surface area contributed by atoms with Gasteiger partial charge in [-0.3, -0.25) is 4.79 Å². The number of esters is 1. The molecule has 0 bridgehead atoms. The normalized spacial score (nSPS) is 10.1. The van der Waals surface area contributed by atoms with Crippen molar-refractivity contribution < 1.29 is 14.3 Å². The molecule has 3 nitrogen and oxygen atoms in total. The maximum atomic E-state index is 11.5. The summed E-state index contributed by atoms with van der Waals surface area (Å²) in [7, 11) is 1.61. The SMILES string of the molecule is CCCc1ccc(OC)c(CC(=O)OCC)c1. The Morgan fingerprint density at radius 1 is 1.29 bits per heavy atom. The van der Waals surface area contributed by atoms with Gasteiger partial charge >= 0.3 is 5.97 Å². The molecule has 0 aliphatic heterocycles. The molecule has 3 heteroatoms. The summed E-state index contributed by atoms with van der Waals surface area (Å²) < 4.78 is 10.2. The molecular formula is C14H20O3. The van der Waals surface area contributed by atoms with Crippen molar-refractivity contribution >= 4 is 5.97 Å². The van der Waals surface area contributed by atoms with Gasteiger partial charge in [0, 0.05) is 5.56 Å². The first kappa shape index (κ1) is 13.6. The van der Waals surface area contributed by atoms with Gasteiger partial charge in [0.2, 0.25) is 0 Å². The van der Waals surface area contributed by atoms with E-state index in [0.29, 0.717) is 6.61 Å². The number of aryl methyl sites for hydroxylation is 1. The number of benzene rings is 1. The van der Waals surface area contributed by atoms with E-state index >= 15 is 0 Å². The second-order valence-corrected chi connectivity index (χ2v) is 3.88. The van der Waals surface area contributed by atoms with E-state index in [9.17, 15) is 4.79 Å². The molecule has 0 saturated heterocycles. The van der Waals surface area contributed by atoms with Gasteiger partial charge in [-0.2, -0.15) is 0 Å². The molecule has 0 spiro atoms. The van der Waals surface area contributed by atoms with E-state index in [1.807, 2.05) is 25.1 Å². The molecule has 1 aromatic carbocycles. The van der Waals surface area contributed by atoms with Crippen LogP contribution in [-0.2, 0) is 22.4 Å². The number of ether oxygens (including phenoxy) is 2. The summed E-state index contributed by atoms with van der Waals surface area (Å²) in [5.74, 6) is 0.539. The summed E-state index contributed by atoms with van der Waals surface area (Å²) in [4.78, 5) is 11.5. The minimum Gasteiger partial charge on any atom is -0.496 e. The molecule has 0 saturated carbocycles. The molecule has 1 aromatic rings. The van der Waals surface area contributed by atoms with Crippen LogP contribution in [0.3, 0.4) is 0 Å². The van der Waals surface area contributed by atoms with Crippen LogP contribution in [0.25, 0.3) is 0 Å². The van der Waals surface area contributed by atoms with Gasteiger partial charge in [-0.25, -0.2) is 0 Å². The Balaban J connectivity index is 2.85. The Labute approximate surface area is 103 Å². The highest BCUT2D eigenvalue weighted by Crippen LogP contribution is 2.21. The van der Waals surface area contributed by atoms with Gasteiger partial charge in [-0.1, -0.05) is 25.5 Å². The van der Waals surface area contributed by atoms with Crippen LogP contribution in [0, 0.1) is 0 Å². The van der Waals surface area contributed by atoms with E-state index in [-0.39, 0.29) is 12.4 Å². The molecule has 0 fully saturated rings. The standard InChI is InChI=1S/C14H20O3/c1-4-6-11-7-8-13(16-3)12(9-11)10-14(15)17-5-2/h7-9H,4-6,10H2,1-3H3. The average molecular weight is 236 g/mol. The third-order valence-electron chi connectivity index (χ3n) is 2.52. The Hall–Kier alpha value is -1.51. The quantitative estimate of drug-likeness (QED) is 0.712. The maximum absolute atomic E-state index is 11.5. The van der Waals surface area contributed by atoms with E-state index in [4.69, 9.17) is 9.47 Å². The molecule has 0 heterocycles. The molecule has 1 rings (SSSR count). The fourth-order valence-corrected chi connectivity index (χ4v) is 1.78. The van der Waals surface area contributed by atoms with E-state index in [0.717, 1.165) is 24.2 Å². The van der Waals surface area contributed by atoms with Gasteiger partial charge in [0.05, 0.1) is 20.1 Å². The lowest BCUT2D eigenvalue weighted by atomic mass is 10.0. The van der Waals surface area contributed by atoms with Crippen LogP contribution in [-0.4, -0.2) is 19.7 Å². The lowest BCUT2D eigenvalue weighted by Crippen LogP contribution is -2.08. The largest absolute Gasteiger partial charge is 0.496 e. The summed E-state index contributed by atoms with van der Waals surface area (Å²) in [5, 5.41) is 0. The zero-order valence-corrected chi connectivity index (χ0v) is 10.8. The van der Waals surface area contributed by atoms with E-state index in [1.54, 1.807) is 7.11 Å². The predicted molar refractivity (Wildman–Crippen MR) is 67.3 cm³/mol. The molecule has 0 aliphatic rings. The fourth-order valence-electron chi connectivity index (χ4n) is 1.78. The van der Waals surface area contributed by atoms with Crippen molar-refractivity contribution in [3.63, 3.8) is 0 Å². The molecule has 17 heavy (non-hydrogen) atoms. The van der Waals surface area contributed by atoms with Crippen LogP contribution in [0.5, 0.6) is 5.75 Å². The summed E-state index contributed by atoms with van der Waals surface area (Å²) >= 11 is 0. The molecule has 94 valence electrons. The lowest BCUT2D eigenvalue weighted by Gasteiger charge is -2.10. The highest BCUT2D eigenvalue weighted by Gasteiger charge is 2.10. The minimum atomic E-state index is -0.209. The van der Waals surface area contributed by atoms with Gasteiger partial charge < -0.3 is 9.47 Å². The first-order valence-electron chi connectivity index (χ1n) is 6.02. The van der Waals surface area contributed by atoms with Crippen molar-refractivity contribution in [2.75, 3.05) is 13.7 Å². The summed E-state index contributed by atoms with van der Waals surface area (Å²) in [5.41, 5.74) is 2.13. The Bertz CT molecular complexity index is 372. The highest BCUT2D eigenvalue weighted by molar-refractivity contribution is 5.73. The van der Waals surface area contributed by atoms with Crippen molar-refractivity contribution in [2.24, 2.45) is 0 Å². The molecular weight excluding hydrogens is 216 g/mol. The number of hydrogen-bond donors (Lipinski definition) is 0. The van der Waals surface area contributed by atoms with Crippen molar-refractivity contribution in [3.8, 4) is 5.75 Å². The van der Waals surface area contributed by atoms with Crippen molar-refractivity contribution in [1.29, 1.82) is 0 Å². The first-order valence-corrected chi connectivity index (χ1v) is 6.02.